The Bertz CT molecular complexity index is 510. The number of anilines is 1. The third-order valence-corrected chi connectivity index (χ3v) is 3.34. The van der Waals surface area contributed by atoms with Crippen LogP contribution in [-0.2, 0) is 14.3 Å². The molecule has 1 atom stereocenters. The van der Waals surface area contributed by atoms with E-state index in [2.05, 4.69) is 4.74 Å². The molecule has 2 rings (SSSR count). The molecule has 20 heavy (non-hydrogen) atoms. The molecule has 1 heterocycles. The van der Waals surface area contributed by atoms with Gasteiger partial charge in [0, 0.05) is 12.2 Å². The summed E-state index contributed by atoms with van der Waals surface area (Å²) >= 11 is 0. The quantitative estimate of drug-likeness (QED) is 0.632. The molecule has 2 N–H and O–H groups in total. The number of rotatable bonds is 2. The first kappa shape index (κ1) is 14.3. The molecule has 1 aliphatic rings. The number of nitrogens with two attached hydrogens (primary N) is 1. The molecule has 0 aromatic heterocycles. The number of nitrogen functional groups attached to an aromatic ring is 1. The van der Waals surface area contributed by atoms with Gasteiger partial charge in [-0.25, -0.2) is 4.79 Å². The van der Waals surface area contributed by atoms with E-state index in [9.17, 15) is 9.59 Å². The Morgan fingerprint density at radius 3 is 2.85 bits per heavy atom. The van der Waals surface area contributed by atoms with Gasteiger partial charge in [0.15, 0.2) is 6.10 Å². The van der Waals surface area contributed by atoms with Gasteiger partial charge in [0.2, 0.25) is 0 Å². The third kappa shape index (κ3) is 2.75. The summed E-state index contributed by atoms with van der Waals surface area (Å²) in [5.74, 6) is -0.655. The van der Waals surface area contributed by atoms with Crippen molar-refractivity contribution in [3.05, 3.63) is 29.3 Å². The fourth-order valence-corrected chi connectivity index (χ4v) is 2.25. The monoisotopic (exact) mass is 278 g/mol. The van der Waals surface area contributed by atoms with E-state index in [1.165, 1.54) is 7.11 Å². The number of aryl methyl sites for hydroxylation is 1. The second-order valence-electron chi connectivity index (χ2n) is 4.67. The molecule has 1 amide bonds. The number of carbonyl (C=O) groups excluding carboxylic acids is 2. The highest BCUT2D eigenvalue weighted by Crippen LogP contribution is 2.20. The zero-order valence-electron chi connectivity index (χ0n) is 11.6. The fraction of sp³-hybridized carbons (Fsp3) is 0.429. The van der Waals surface area contributed by atoms with Crippen LogP contribution >= 0.6 is 0 Å². The second kappa shape index (κ2) is 5.92. The lowest BCUT2D eigenvalue weighted by molar-refractivity contribution is -0.158. The van der Waals surface area contributed by atoms with Crippen molar-refractivity contribution < 1.29 is 19.1 Å². The zero-order chi connectivity index (χ0) is 14.7. The lowest BCUT2D eigenvalue weighted by Gasteiger charge is -2.32. The highest BCUT2D eigenvalue weighted by molar-refractivity contribution is 6.00. The van der Waals surface area contributed by atoms with Gasteiger partial charge in [-0.15, -0.1) is 0 Å². The number of carbonyl (C=O) groups is 2. The normalized spacial score (nSPS) is 18.7. The number of nitrogens with zero attached hydrogens (tertiary/aromatic N) is 1. The predicted octanol–water partition coefficient (Wildman–Crippen LogP) is 0.591. The summed E-state index contributed by atoms with van der Waals surface area (Å²) in [6, 6.07) is 5.33. The minimum Gasteiger partial charge on any atom is -0.467 e. The van der Waals surface area contributed by atoms with Gasteiger partial charge in [0.05, 0.1) is 25.8 Å². The summed E-state index contributed by atoms with van der Waals surface area (Å²) in [5.41, 5.74) is 7.62. The summed E-state index contributed by atoms with van der Waals surface area (Å²) in [4.78, 5) is 25.6. The molecule has 0 saturated carbocycles. The minimum atomic E-state index is -0.733. The molecule has 0 aliphatic carbocycles. The molecule has 0 bridgehead atoms. The van der Waals surface area contributed by atoms with E-state index in [1.807, 2.05) is 13.0 Å². The van der Waals surface area contributed by atoms with Crippen molar-refractivity contribution in [2.24, 2.45) is 0 Å². The van der Waals surface area contributed by atoms with Crippen LogP contribution < -0.4 is 5.73 Å². The van der Waals surface area contributed by atoms with Gasteiger partial charge in [-0.05, 0) is 18.6 Å². The van der Waals surface area contributed by atoms with Crippen molar-refractivity contribution in [2.75, 3.05) is 32.5 Å². The van der Waals surface area contributed by atoms with Gasteiger partial charge in [0.1, 0.15) is 0 Å². The van der Waals surface area contributed by atoms with E-state index in [0.717, 1.165) is 5.56 Å². The van der Waals surface area contributed by atoms with Crippen LogP contribution in [-0.4, -0.2) is 49.7 Å². The zero-order valence-corrected chi connectivity index (χ0v) is 11.6. The molecular formula is C14H18N2O4. The average molecular weight is 278 g/mol. The molecule has 0 radical (unpaired) electrons. The first-order valence-electron chi connectivity index (χ1n) is 6.38. The molecule has 1 unspecified atom stereocenters. The maximum atomic E-state index is 12.5. The van der Waals surface area contributed by atoms with Gasteiger partial charge in [0.25, 0.3) is 5.91 Å². The van der Waals surface area contributed by atoms with E-state index in [-0.39, 0.29) is 12.5 Å². The van der Waals surface area contributed by atoms with Crippen LogP contribution in [0.5, 0.6) is 0 Å². The standard InChI is InChI=1S/C14H18N2O4/c1-9-4-3-5-10(15)12(9)13(17)16-6-7-20-11(8-16)14(18)19-2/h3-5,11H,6-8,15H2,1-2H3. The SMILES string of the molecule is COC(=O)C1CN(C(=O)c2c(C)cccc2N)CCO1. The highest BCUT2D eigenvalue weighted by Gasteiger charge is 2.31. The molecule has 1 aromatic rings. The Balaban J connectivity index is 2.19. The van der Waals surface area contributed by atoms with Crippen LogP contribution in [0.3, 0.4) is 0 Å². The van der Waals surface area contributed by atoms with E-state index in [0.29, 0.717) is 24.4 Å². The molecule has 6 nitrogen and oxygen atoms in total. The predicted molar refractivity (Wildman–Crippen MR) is 73.3 cm³/mol. The minimum absolute atomic E-state index is 0.180. The first-order chi connectivity index (χ1) is 9.54. The van der Waals surface area contributed by atoms with Crippen molar-refractivity contribution in [3.63, 3.8) is 0 Å². The molecule has 1 aliphatic heterocycles. The van der Waals surface area contributed by atoms with Crippen LogP contribution in [0.2, 0.25) is 0 Å². The third-order valence-electron chi connectivity index (χ3n) is 3.34. The van der Waals surface area contributed by atoms with Crippen LogP contribution in [0.1, 0.15) is 15.9 Å². The summed E-state index contributed by atoms with van der Waals surface area (Å²) in [6.07, 6.45) is -0.733. The topological polar surface area (TPSA) is 81.9 Å². The van der Waals surface area contributed by atoms with Gasteiger partial charge in [-0.2, -0.15) is 0 Å². The van der Waals surface area contributed by atoms with Crippen molar-refractivity contribution in [2.45, 2.75) is 13.0 Å². The Labute approximate surface area is 117 Å². The van der Waals surface area contributed by atoms with E-state index < -0.39 is 12.1 Å². The summed E-state index contributed by atoms with van der Waals surface area (Å²) in [7, 11) is 1.30. The molecule has 108 valence electrons. The van der Waals surface area contributed by atoms with Crippen molar-refractivity contribution in [3.8, 4) is 0 Å². The number of esters is 1. The molecule has 1 aromatic carbocycles. The summed E-state index contributed by atoms with van der Waals surface area (Å²) in [6.45, 7) is 2.75. The molecule has 6 heteroatoms. The van der Waals surface area contributed by atoms with E-state index in [4.69, 9.17) is 10.5 Å². The van der Waals surface area contributed by atoms with Crippen LogP contribution in [0.4, 0.5) is 5.69 Å². The lowest BCUT2D eigenvalue weighted by atomic mass is 10.0. The Kier molecular flexibility index (Phi) is 4.24. The molecule has 1 saturated heterocycles. The van der Waals surface area contributed by atoms with Crippen molar-refractivity contribution in [1.82, 2.24) is 4.90 Å². The lowest BCUT2D eigenvalue weighted by Crippen LogP contribution is -2.49. The molecule has 1 fully saturated rings. The Morgan fingerprint density at radius 2 is 2.20 bits per heavy atom. The second-order valence-corrected chi connectivity index (χ2v) is 4.67. The molecular weight excluding hydrogens is 260 g/mol. The summed E-state index contributed by atoms with van der Waals surface area (Å²) < 4.78 is 9.95. The number of morpholine rings is 1. The Hall–Kier alpha value is -2.08. The number of amides is 1. The van der Waals surface area contributed by atoms with Crippen LogP contribution in [0.25, 0.3) is 0 Å². The van der Waals surface area contributed by atoms with Gasteiger partial charge >= 0.3 is 5.97 Å². The molecule has 0 spiro atoms. The number of ether oxygens (including phenoxy) is 2. The first-order valence-corrected chi connectivity index (χ1v) is 6.38. The average Bonchev–Trinajstić information content (AvgIpc) is 2.46. The van der Waals surface area contributed by atoms with Crippen molar-refractivity contribution >= 4 is 17.6 Å². The van der Waals surface area contributed by atoms with Gasteiger partial charge < -0.3 is 20.1 Å². The Morgan fingerprint density at radius 1 is 1.45 bits per heavy atom. The van der Waals surface area contributed by atoms with Crippen molar-refractivity contribution in [1.29, 1.82) is 0 Å². The van der Waals surface area contributed by atoms with E-state index in [1.54, 1.807) is 17.0 Å². The van der Waals surface area contributed by atoms with Gasteiger partial charge in [-0.1, -0.05) is 12.1 Å². The maximum absolute atomic E-state index is 12.5. The van der Waals surface area contributed by atoms with Gasteiger partial charge in [-0.3, -0.25) is 4.79 Å². The summed E-state index contributed by atoms with van der Waals surface area (Å²) in [5, 5.41) is 0. The maximum Gasteiger partial charge on any atom is 0.336 e. The number of hydrogen-bond donors (Lipinski definition) is 1. The number of hydrogen-bond acceptors (Lipinski definition) is 5. The number of methoxy groups -OCH3 is 1. The van der Waals surface area contributed by atoms with Crippen LogP contribution in [0.15, 0.2) is 18.2 Å². The number of benzene rings is 1. The van der Waals surface area contributed by atoms with E-state index >= 15 is 0 Å². The fourth-order valence-electron chi connectivity index (χ4n) is 2.25. The largest absolute Gasteiger partial charge is 0.467 e. The highest BCUT2D eigenvalue weighted by atomic mass is 16.6. The smallest absolute Gasteiger partial charge is 0.336 e. The van der Waals surface area contributed by atoms with Crippen LogP contribution in [0, 0.1) is 6.92 Å².